The summed E-state index contributed by atoms with van der Waals surface area (Å²) in [5.74, 6) is 0.452. The van der Waals surface area contributed by atoms with Gasteiger partial charge in [0.2, 0.25) is 0 Å². The molecule has 1 atom stereocenters. The molecule has 110 valence electrons. The molecule has 0 aliphatic carbocycles. The fourth-order valence-corrected chi connectivity index (χ4v) is 2.33. The SMILES string of the molecule is C[S@@](=O)CCNC(=O)Nc1ccccc1-c1ccccc1. The fourth-order valence-electron chi connectivity index (χ4n) is 1.94. The highest BCUT2D eigenvalue weighted by molar-refractivity contribution is 7.84. The molecule has 2 aromatic carbocycles. The maximum absolute atomic E-state index is 11.9. The number of urea groups is 1. The van der Waals surface area contributed by atoms with Gasteiger partial charge in [-0.25, -0.2) is 4.79 Å². The van der Waals surface area contributed by atoms with Crippen LogP contribution in [0.5, 0.6) is 0 Å². The number of hydrogen-bond acceptors (Lipinski definition) is 2. The summed E-state index contributed by atoms with van der Waals surface area (Å²) in [7, 11) is -0.905. The summed E-state index contributed by atoms with van der Waals surface area (Å²) in [5.41, 5.74) is 2.76. The van der Waals surface area contributed by atoms with Crippen LogP contribution in [-0.2, 0) is 10.8 Å². The first-order chi connectivity index (χ1) is 10.2. The van der Waals surface area contributed by atoms with Gasteiger partial charge in [-0.3, -0.25) is 4.21 Å². The Hall–Kier alpha value is -2.14. The van der Waals surface area contributed by atoms with E-state index in [1.807, 2.05) is 54.6 Å². The van der Waals surface area contributed by atoms with E-state index >= 15 is 0 Å². The lowest BCUT2D eigenvalue weighted by Crippen LogP contribution is -2.31. The summed E-state index contributed by atoms with van der Waals surface area (Å²) in [6.07, 6.45) is 1.62. The number of nitrogens with one attached hydrogen (secondary N) is 2. The van der Waals surface area contributed by atoms with Gasteiger partial charge in [-0.2, -0.15) is 0 Å². The quantitative estimate of drug-likeness (QED) is 0.892. The standard InChI is InChI=1S/C16H18N2O2S/c1-21(20)12-11-17-16(19)18-15-10-6-5-9-14(15)13-7-3-2-4-8-13/h2-10H,11-12H2,1H3,(H2,17,18,19)/t21-/m1/s1. The van der Waals surface area contributed by atoms with Crippen molar-refractivity contribution in [1.82, 2.24) is 5.32 Å². The normalized spacial score (nSPS) is 11.7. The van der Waals surface area contributed by atoms with Crippen LogP contribution in [0.15, 0.2) is 54.6 Å². The highest BCUT2D eigenvalue weighted by Crippen LogP contribution is 2.27. The molecule has 0 spiro atoms. The van der Waals surface area contributed by atoms with E-state index < -0.39 is 10.8 Å². The summed E-state index contributed by atoms with van der Waals surface area (Å²) < 4.78 is 11.0. The van der Waals surface area contributed by atoms with Gasteiger partial charge in [0.05, 0.1) is 5.69 Å². The van der Waals surface area contributed by atoms with E-state index in [1.165, 1.54) is 0 Å². The van der Waals surface area contributed by atoms with Crippen molar-refractivity contribution >= 4 is 22.5 Å². The largest absolute Gasteiger partial charge is 0.337 e. The molecule has 21 heavy (non-hydrogen) atoms. The van der Waals surface area contributed by atoms with E-state index in [1.54, 1.807) is 6.26 Å². The van der Waals surface area contributed by atoms with E-state index in [4.69, 9.17) is 0 Å². The van der Waals surface area contributed by atoms with Gasteiger partial charge >= 0.3 is 6.03 Å². The van der Waals surface area contributed by atoms with Gasteiger partial charge in [0, 0.05) is 34.9 Å². The third-order valence-electron chi connectivity index (χ3n) is 2.94. The molecular formula is C16H18N2O2S. The molecule has 0 radical (unpaired) electrons. The van der Waals surface area contributed by atoms with Crippen LogP contribution in [0.1, 0.15) is 0 Å². The van der Waals surface area contributed by atoms with Crippen molar-refractivity contribution in [2.45, 2.75) is 0 Å². The summed E-state index contributed by atoms with van der Waals surface area (Å²) >= 11 is 0. The molecule has 2 rings (SSSR count). The second-order valence-corrected chi connectivity index (χ2v) is 6.12. The lowest BCUT2D eigenvalue weighted by Gasteiger charge is -2.12. The minimum atomic E-state index is -0.905. The first kappa shape index (κ1) is 15.3. The molecule has 0 aromatic heterocycles. The molecule has 0 heterocycles. The summed E-state index contributed by atoms with van der Waals surface area (Å²) in [5, 5.41) is 5.53. The van der Waals surface area contributed by atoms with Crippen molar-refractivity contribution in [3.8, 4) is 11.1 Å². The van der Waals surface area contributed by atoms with Crippen molar-refractivity contribution in [2.24, 2.45) is 0 Å². The average Bonchev–Trinajstić information content (AvgIpc) is 2.48. The lowest BCUT2D eigenvalue weighted by atomic mass is 10.0. The van der Waals surface area contributed by atoms with Gasteiger partial charge in [0.15, 0.2) is 0 Å². The van der Waals surface area contributed by atoms with E-state index in [0.29, 0.717) is 12.3 Å². The number of carbonyl (C=O) groups is 1. The minimum absolute atomic E-state index is 0.288. The summed E-state index contributed by atoms with van der Waals surface area (Å²) in [6.45, 7) is 0.391. The summed E-state index contributed by atoms with van der Waals surface area (Å²) in [6, 6.07) is 17.2. The van der Waals surface area contributed by atoms with Crippen LogP contribution in [0.4, 0.5) is 10.5 Å². The third-order valence-corrected chi connectivity index (χ3v) is 3.71. The average molecular weight is 302 g/mol. The highest BCUT2D eigenvalue weighted by Gasteiger charge is 2.07. The van der Waals surface area contributed by atoms with Crippen LogP contribution in [0, 0.1) is 0 Å². The molecule has 0 aliphatic heterocycles. The van der Waals surface area contributed by atoms with Crippen LogP contribution >= 0.6 is 0 Å². The Labute approximate surface area is 127 Å². The number of para-hydroxylation sites is 1. The second-order valence-electron chi connectivity index (χ2n) is 4.57. The van der Waals surface area contributed by atoms with Crippen molar-refractivity contribution in [1.29, 1.82) is 0 Å². The van der Waals surface area contributed by atoms with Crippen molar-refractivity contribution in [3.05, 3.63) is 54.6 Å². The second kappa shape index (κ2) is 7.59. The molecule has 2 amide bonds. The van der Waals surface area contributed by atoms with Gasteiger partial charge in [0.1, 0.15) is 0 Å². The van der Waals surface area contributed by atoms with Gasteiger partial charge in [0.25, 0.3) is 0 Å². The molecule has 2 aromatic rings. The molecule has 0 saturated heterocycles. The minimum Gasteiger partial charge on any atom is -0.337 e. The molecular weight excluding hydrogens is 284 g/mol. The molecule has 2 N–H and O–H groups in total. The van der Waals surface area contributed by atoms with Gasteiger partial charge in [-0.15, -0.1) is 0 Å². The Morgan fingerprint density at radius 2 is 1.71 bits per heavy atom. The molecule has 5 heteroatoms. The Kier molecular flexibility index (Phi) is 5.51. The Bertz CT molecular complexity index is 629. The number of rotatable bonds is 5. The van der Waals surface area contributed by atoms with Crippen LogP contribution in [-0.4, -0.2) is 28.8 Å². The summed E-state index contributed by atoms with van der Waals surface area (Å²) in [4.78, 5) is 11.9. The molecule has 0 unspecified atom stereocenters. The Morgan fingerprint density at radius 1 is 1.05 bits per heavy atom. The van der Waals surface area contributed by atoms with Crippen molar-refractivity contribution < 1.29 is 9.00 Å². The molecule has 4 nitrogen and oxygen atoms in total. The number of anilines is 1. The van der Waals surface area contributed by atoms with Crippen LogP contribution < -0.4 is 10.6 Å². The third kappa shape index (κ3) is 4.72. The van der Waals surface area contributed by atoms with E-state index in [0.717, 1.165) is 16.8 Å². The van der Waals surface area contributed by atoms with Gasteiger partial charge in [-0.1, -0.05) is 48.5 Å². The predicted molar refractivity (Wildman–Crippen MR) is 87.8 cm³/mol. The first-order valence-electron chi connectivity index (χ1n) is 6.66. The topological polar surface area (TPSA) is 58.2 Å². The highest BCUT2D eigenvalue weighted by atomic mass is 32.2. The maximum Gasteiger partial charge on any atom is 0.319 e. The Balaban J connectivity index is 2.07. The number of amides is 2. The van der Waals surface area contributed by atoms with E-state index in [2.05, 4.69) is 10.6 Å². The van der Waals surface area contributed by atoms with Crippen LogP contribution in [0.3, 0.4) is 0 Å². The van der Waals surface area contributed by atoms with Crippen molar-refractivity contribution in [2.75, 3.05) is 23.9 Å². The lowest BCUT2D eigenvalue weighted by molar-refractivity contribution is 0.252. The molecule has 0 saturated carbocycles. The zero-order chi connectivity index (χ0) is 15.1. The number of carbonyl (C=O) groups excluding carboxylic acids is 1. The van der Waals surface area contributed by atoms with Crippen molar-refractivity contribution in [3.63, 3.8) is 0 Å². The van der Waals surface area contributed by atoms with Gasteiger partial charge < -0.3 is 10.6 Å². The van der Waals surface area contributed by atoms with Gasteiger partial charge in [-0.05, 0) is 11.6 Å². The maximum atomic E-state index is 11.9. The first-order valence-corrected chi connectivity index (χ1v) is 8.39. The fraction of sp³-hybridized carbons (Fsp3) is 0.188. The molecule has 0 fully saturated rings. The van der Waals surface area contributed by atoms with E-state index in [-0.39, 0.29) is 6.03 Å². The smallest absolute Gasteiger partial charge is 0.319 e. The monoisotopic (exact) mass is 302 g/mol. The van der Waals surface area contributed by atoms with Crippen LogP contribution in [0.25, 0.3) is 11.1 Å². The van der Waals surface area contributed by atoms with E-state index in [9.17, 15) is 9.00 Å². The Morgan fingerprint density at radius 3 is 2.43 bits per heavy atom. The number of benzene rings is 2. The zero-order valence-electron chi connectivity index (χ0n) is 11.8. The molecule has 0 aliphatic rings. The van der Waals surface area contributed by atoms with Crippen LogP contribution in [0.2, 0.25) is 0 Å². The molecule has 0 bridgehead atoms. The number of hydrogen-bond donors (Lipinski definition) is 2. The zero-order valence-corrected chi connectivity index (χ0v) is 12.7. The predicted octanol–water partition coefficient (Wildman–Crippen LogP) is 2.85.